The van der Waals surface area contributed by atoms with Crippen LogP contribution >= 0.6 is 11.6 Å². The fourth-order valence-electron chi connectivity index (χ4n) is 3.48. The molecule has 40 heavy (non-hydrogen) atoms. The summed E-state index contributed by atoms with van der Waals surface area (Å²) in [6, 6.07) is 7.55. The number of nitrogens with one attached hydrogen (secondary N) is 3. The molecule has 0 fully saturated rings. The molecule has 0 aliphatic heterocycles. The molecule has 4 aromatic rings. The molecule has 0 atom stereocenters. The molecule has 0 aliphatic carbocycles. The van der Waals surface area contributed by atoms with Gasteiger partial charge in [-0.25, -0.2) is 9.97 Å². The lowest BCUT2D eigenvalue weighted by Crippen LogP contribution is -2.18. The lowest BCUT2D eigenvalue weighted by Gasteiger charge is -2.16. The summed E-state index contributed by atoms with van der Waals surface area (Å²) in [5, 5.41) is 4.69. The molecule has 4 rings (SSSR count). The van der Waals surface area contributed by atoms with Crippen molar-refractivity contribution in [3.05, 3.63) is 82.9 Å². The maximum atomic E-state index is 13.8. The van der Waals surface area contributed by atoms with E-state index in [9.17, 15) is 34.8 Å². The number of benzene rings is 2. The first-order valence-corrected chi connectivity index (χ1v) is 12.9. The van der Waals surface area contributed by atoms with Crippen LogP contribution in [-0.4, -0.2) is 27.9 Å². The van der Waals surface area contributed by atoms with E-state index in [2.05, 4.69) is 25.6 Å². The van der Waals surface area contributed by atoms with Crippen molar-refractivity contribution in [2.24, 2.45) is 7.05 Å². The Morgan fingerprint density at radius 1 is 0.975 bits per heavy atom. The highest BCUT2D eigenvalue weighted by Crippen LogP contribution is 2.38. The number of alkyl halides is 6. The van der Waals surface area contributed by atoms with Crippen molar-refractivity contribution in [2.75, 3.05) is 15.4 Å². The van der Waals surface area contributed by atoms with Gasteiger partial charge in [0.25, 0.3) is 10.0 Å². The van der Waals surface area contributed by atoms with Crippen LogP contribution in [0.2, 0.25) is 5.02 Å². The molecular formula is C23H18ClF6N7O2S. The van der Waals surface area contributed by atoms with Gasteiger partial charge in [0.1, 0.15) is 5.02 Å². The zero-order chi connectivity index (χ0) is 29.3. The predicted octanol–water partition coefficient (Wildman–Crippen LogP) is 6.06. The van der Waals surface area contributed by atoms with E-state index in [4.69, 9.17) is 11.6 Å². The Bertz CT molecular complexity index is 1640. The minimum Gasteiger partial charge on any atom is -0.365 e. The highest BCUT2D eigenvalue weighted by atomic mass is 35.5. The van der Waals surface area contributed by atoms with Gasteiger partial charge < -0.3 is 15.2 Å². The average Bonchev–Trinajstić information content (AvgIpc) is 3.31. The largest absolute Gasteiger partial charge is 0.418 e. The average molecular weight is 606 g/mol. The van der Waals surface area contributed by atoms with E-state index in [0.717, 1.165) is 30.6 Å². The highest BCUT2D eigenvalue weighted by Gasteiger charge is 2.36. The Labute approximate surface area is 228 Å². The predicted molar refractivity (Wildman–Crippen MR) is 135 cm³/mol. The van der Waals surface area contributed by atoms with Crippen LogP contribution in [0.1, 0.15) is 16.7 Å². The van der Waals surface area contributed by atoms with E-state index < -0.39 is 44.2 Å². The molecule has 2 heterocycles. The normalized spacial score (nSPS) is 12.3. The highest BCUT2D eigenvalue weighted by molar-refractivity contribution is 7.92. The first-order chi connectivity index (χ1) is 18.6. The summed E-state index contributed by atoms with van der Waals surface area (Å²) in [6.45, 7) is -0.310. The van der Waals surface area contributed by atoms with Crippen LogP contribution in [0.5, 0.6) is 0 Å². The van der Waals surface area contributed by atoms with Gasteiger partial charge in [-0.1, -0.05) is 29.8 Å². The lowest BCUT2D eigenvalue weighted by molar-refractivity contribution is -0.138. The van der Waals surface area contributed by atoms with Crippen LogP contribution in [0.25, 0.3) is 0 Å². The third kappa shape index (κ3) is 6.74. The quantitative estimate of drug-likeness (QED) is 0.209. The zero-order valence-electron chi connectivity index (χ0n) is 20.1. The summed E-state index contributed by atoms with van der Waals surface area (Å²) >= 11 is 6.06. The standard InChI is InChI=1S/C23H18ClF6N7O2S/c1-37-11-19(33-12-37)40(38,39)36-18-7-6-14(8-16(18)23(28,29)30)34-21-32-10-17(24)20(35-21)31-9-13-4-2-3-5-15(13)22(25,26)27/h2-8,10-12,36H,9H2,1H3,(H2,31,32,34,35). The van der Waals surface area contributed by atoms with Crippen molar-refractivity contribution in [3.8, 4) is 0 Å². The second kappa shape index (κ2) is 10.8. The third-order valence-corrected chi connectivity index (χ3v) is 6.82. The molecule has 0 saturated heterocycles. The van der Waals surface area contributed by atoms with Gasteiger partial charge in [0, 0.05) is 25.5 Å². The molecule has 0 bridgehead atoms. The number of halogens is 7. The van der Waals surface area contributed by atoms with Gasteiger partial charge in [0.15, 0.2) is 10.8 Å². The smallest absolute Gasteiger partial charge is 0.365 e. The van der Waals surface area contributed by atoms with Gasteiger partial charge in [0.05, 0.1) is 29.3 Å². The fraction of sp³-hybridized carbons (Fsp3) is 0.174. The van der Waals surface area contributed by atoms with Crippen molar-refractivity contribution < 1.29 is 34.8 Å². The number of anilines is 4. The summed E-state index contributed by atoms with van der Waals surface area (Å²) in [4.78, 5) is 11.6. The van der Waals surface area contributed by atoms with Crippen LogP contribution in [0.15, 0.2) is 66.2 Å². The number of hydrogen-bond donors (Lipinski definition) is 3. The molecule has 9 nitrogen and oxygen atoms in total. The number of aromatic nitrogens is 4. The Hall–Kier alpha value is -4.05. The maximum Gasteiger partial charge on any atom is 0.418 e. The second-order valence-corrected chi connectivity index (χ2v) is 10.3. The van der Waals surface area contributed by atoms with E-state index in [0.29, 0.717) is 6.07 Å². The molecule has 0 aliphatic rings. The van der Waals surface area contributed by atoms with Gasteiger partial charge in [-0.05, 0) is 29.8 Å². The van der Waals surface area contributed by atoms with Crippen LogP contribution in [0.4, 0.5) is 49.5 Å². The van der Waals surface area contributed by atoms with E-state index in [1.807, 2.05) is 4.72 Å². The van der Waals surface area contributed by atoms with E-state index >= 15 is 0 Å². The number of imidazole rings is 1. The summed E-state index contributed by atoms with van der Waals surface area (Å²) in [5.41, 5.74) is -3.16. The van der Waals surface area contributed by atoms with Crippen LogP contribution in [-0.2, 0) is 36.0 Å². The molecule has 0 radical (unpaired) electrons. The molecule has 2 aromatic carbocycles. The van der Waals surface area contributed by atoms with Gasteiger partial charge in [-0.15, -0.1) is 0 Å². The second-order valence-electron chi connectivity index (χ2n) is 8.26. The van der Waals surface area contributed by atoms with Crippen LogP contribution in [0, 0.1) is 0 Å². The number of rotatable bonds is 8. The van der Waals surface area contributed by atoms with Crippen molar-refractivity contribution >= 4 is 44.8 Å². The van der Waals surface area contributed by atoms with Crippen molar-refractivity contribution in [1.29, 1.82) is 0 Å². The number of sulfonamides is 1. The molecule has 2 aromatic heterocycles. The molecule has 17 heteroatoms. The molecule has 0 spiro atoms. The van der Waals surface area contributed by atoms with Gasteiger partial charge >= 0.3 is 12.4 Å². The molecular weight excluding hydrogens is 588 g/mol. The topological polar surface area (TPSA) is 114 Å². The van der Waals surface area contributed by atoms with E-state index in [-0.39, 0.29) is 34.6 Å². The van der Waals surface area contributed by atoms with E-state index in [1.54, 1.807) is 0 Å². The molecule has 0 amide bonds. The Kier molecular flexibility index (Phi) is 7.85. The van der Waals surface area contributed by atoms with Crippen molar-refractivity contribution in [2.45, 2.75) is 23.9 Å². The first-order valence-electron chi connectivity index (χ1n) is 11.0. The summed E-state index contributed by atoms with van der Waals surface area (Å²) in [7, 11) is -2.92. The minimum absolute atomic E-state index is 0.0507. The fourth-order valence-corrected chi connectivity index (χ4v) is 4.70. The summed E-state index contributed by atoms with van der Waals surface area (Å²) in [5.74, 6) is -0.308. The molecule has 0 unspecified atom stereocenters. The molecule has 0 saturated carbocycles. The Morgan fingerprint density at radius 3 is 2.33 bits per heavy atom. The SMILES string of the molecule is Cn1cnc(S(=O)(=O)Nc2ccc(Nc3ncc(Cl)c(NCc4ccccc4C(F)(F)F)n3)cc2C(F)(F)F)c1. The Balaban J connectivity index is 1.57. The Morgan fingerprint density at radius 2 is 1.68 bits per heavy atom. The van der Waals surface area contributed by atoms with Gasteiger partial charge in [-0.3, -0.25) is 4.72 Å². The first kappa shape index (κ1) is 28.9. The molecule has 3 N–H and O–H groups in total. The van der Waals surface area contributed by atoms with Crippen molar-refractivity contribution in [3.63, 3.8) is 0 Å². The van der Waals surface area contributed by atoms with Crippen molar-refractivity contribution in [1.82, 2.24) is 19.5 Å². The minimum atomic E-state index is -4.96. The summed E-state index contributed by atoms with van der Waals surface area (Å²) < 4.78 is 110. The van der Waals surface area contributed by atoms with Crippen LogP contribution in [0.3, 0.4) is 0 Å². The van der Waals surface area contributed by atoms with E-state index in [1.165, 1.54) is 36.1 Å². The maximum absolute atomic E-state index is 13.8. The summed E-state index contributed by atoms with van der Waals surface area (Å²) in [6.07, 6.45) is -6.14. The number of aryl methyl sites for hydroxylation is 1. The lowest BCUT2D eigenvalue weighted by atomic mass is 10.1. The van der Waals surface area contributed by atoms with Gasteiger partial charge in [0.2, 0.25) is 5.95 Å². The molecule has 212 valence electrons. The monoisotopic (exact) mass is 605 g/mol. The number of nitrogens with zero attached hydrogens (tertiary/aromatic N) is 4. The third-order valence-electron chi connectivity index (χ3n) is 5.30. The number of hydrogen-bond acceptors (Lipinski definition) is 7. The zero-order valence-corrected chi connectivity index (χ0v) is 21.7. The van der Waals surface area contributed by atoms with Gasteiger partial charge in [-0.2, -0.15) is 39.7 Å². The van der Waals surface area contributed by atoms with Crippen LogP contribution < -0.4 is 15.4 Å².